The minimum atomic E-state index is -0.0197. The van der Waals surface area contributed by atoms with Crippen molar-refractivity contribution >= 4 is 17.9 Å². The van der Waals surface area contributed by atoms with Crippen LogP contribution in [0.25, 0.3) is 0 Å². The summed E-state index contributed by atoms with van der Waals surface area (Å²) in [4.78, 5) is 24.9. The molecule has 0 aliphatic carbocycles. The highest BCUT2D eigenvalue weighted by atomic mass is 16.2. The number of aromatic nitrogens is 2. The standard InChI is InChI=1S/C14H22N4O2/c1-10-14(11(2)17(3)16-10)15-13(20)8-18-6-4-12(9-19)5-7-18/h9,12H,4-8H2,1-3H3,(H,15,20). The van der Waals surface area contributed by atoms with Crippen LogP contribution in [-0.2, 0) is 16.6 Å². The molecule has 20 heavy (non-hydrogen) atoms. The number of nitrogens with one attached hydrogen (secondary N) is 1. The third-order valence-electron chi connectivity index (χ3n) is 3.97. The Morgan fingerprint density at radius 2 is 2.05 bits per heavy atom. The molecule has 0 saturated carbocycles. The maximum absolute atomic E-state index is 12.1. The third kappa shape index (κ3) is 3.25. The van der Waals surface area contributed by atoms with Crippen LogP contribution in [0.2, 0.25) is 0 Å². The fourth-order valence-electron chi connectivity index (χ4n) is 2.58. The first-order valence-electron chi connectivity index (χ1n) is 6.99. The topological polar surface area (TPSA) is 67.2 Å². The van der Waals surface area contributed by atoms with E-state index in [2.05, 4.69) is 15.3 Å². The molecule has 1 amide bonds. The van der Waals surface area contributed by atoms with E-state index in [1.165, 1.54) is 0 Å². The monoisotopic (exact) mass is 278 g/mol. The second-order valence-corrected chi connectivity index (χ2v) is 5.47. The van der Waals surface area contributed by atoms with Crippen LogP contribution in [0.3, 0.4) is 0 Å². The van der Waals surface area contributed by atoms with Gasteiger partial charge in [0.1, 0.15) is 6.29 Å². The van der Waals surface area contributed by atoms with Crippen molar-refractivity contribution in [3.05, 3.63) is 11.4 Å². The number of hydrogen-bond acceptors (Lipinski definition) is 4. The highest BCUT2D eigenvalue weighted by Crippen LogP contribution is 2.19. The number of hydrogen-bond donors (Lipinski definition) is 1. The molecule has 0 atom stereocenters. The van der Waals surface area contributed by atoms with E-state index in [0.717, 1.165) is 49.3 Å². The van der Waals surface area contributed by atoms with Crippen LogP contribution in [0.5, 0.6) is 0 Å². The van der Waals surface area contributed by atoms with E-state index in [9.17, 15) is 9.59 Å². The van der Waals surface area contributed by atoms with Gasteiger partial charge in [-0.25, -0.2) is 0 Å². The van der Waals surface area contributed by atoms with Crippen molar-refractivity contribution in [1.82, 2.24) is 14.7 Å². The molecule has 2 heterocycles. The second-order valence-electron chi connectivity index (χ2n) is 5.47. The van der Waals surface area contributed by atoms with E-state index in [4.69, 9.17) is 0 Å². The van der Waals surface area contributed by atoms with Gasteiger partial charge in [-0.2, -0.15) is 5.10 Å². The number of amides is 1. The third-order valence-corrected chi connectivity index (χ3v) is 3.97. The van der Waals surface area contributed by atoms with E-state index < -0.39 is 0 Å². The van der Waals surface area contributed by atoms with Crippen molar-refractivity contribution in [3.8, 4) is 0 Å². The zero-order valence-corrected chi connectivity index (χ0v) is 12.3. The lowest BCUT2D eigenvalue weighted by atomic mass is 9.99. The Hall–Kier alpha value is -1.69. The van der Waals surface area contributed by atoms with Gasteiger partial charge in [0.2, 0.25) is 5.91 Å². The van der Waals surface area contributed by atoms with Gasteiger partial charge < -0.3 is 10.1 Å². The number of likely N-dealkylation sites (tertiary alicyclic amines) is 1. The van der Waals surface area contributed by atoms with Crippen LogP contribution in [0.4, 0.5) is 5.69 Å². The molecule has 1 aromatic heterocycles. The van der Waals surface area contributed by atoms with Gasteiger partial charge in [-0.15, -0.1) is 0 Å². The molecule has 0 spiro atoms. The molecular formula is C14H22N4O2. The normalized spacial score (nSPS) is 17.1. The van der Waals surface area contributed by atoms with Crippen molar-refractivity contribution < 1.29 is 9.59 Å². The number of anilines is 1. The predicted molar refractivity (Wildman–Crippen MR) is 76.5 cm³/mol. The summed E-state index contributed by atoms with van der Waals surface area (Å²) in [5.41, 5.74) is 2.59. The van der Waals surface area contributed by atoms with Crippen LogP contribution in [-0.4, -0.2) is 46.5 Å². The van der Waals surface area contributed by atoms with Crippen LogP contribution in [0, 0.1) is 19.8 Å². The molecule has 1 aromatic rings. The molecule has 2 rings (SSSR count). The minimum Gasteiger partial charge on any atom is -0.322 e. The lowest BCUT2D eigenvalue weighted by molar-refractivity contribution is -0.117. The van der Waals surface area contributed by atoms with Gasteiger partial charge in [0.05, 0.1) is 23.6 Å². The van der Waals surface area contributed by atoms with Crippen molar-refractivity contribution in [1.29, 1.82) is 0 Å². The van der Waals surface area contributed by atoms with Crippen molar-refractivity contribution in [2.45, 2.75) is 26.7 Å². The molecular weight excluding hydrogens is 256 g/mol. The maximum atomic E-state index is 12.1. The number of aldehydes is 1. The molecule has 0 radical (unpaired) electrons. The maximum Gasteiger partial charge on any atom is 0.238 e. The molecule has 1 aliphatic heterocycles. The summed E-state index contributed by atoms with van der Waals surface area (Å²) in [5, 5.41) is 7.22. The summed E-state index contributed by atoms with van der Waals surface area (Å²) in [6.45, 7) is 5.81. The Kier molecular flexibility index (Phi) is 4.54. The molecule has 1 saturated heterocycles. The first-order chi connectivity index (χ1) is 9.51. The number of piperidine rings is 1. The van der Waals surface area contributed by atoms with Gasteiger partial charge in [0.25, 0.3) is 0 Å². The fraction of sp³-hybridized carbons (Fsp3) is 0.643. The zero-order valence-electron chi connectivity index (χ0n) is 12.3. The van der Waals surface area contributed by atoms with E-state index in [0.29, 0.717) is 6.54 Å². The van der Waals surface area contributed by atoms with Gasteiger partial charge in [-0.1, -0.05) is 0 Å². The summed E-state index contributed by atoms with van der Waals surface area (Å²) in [7, 11) is 1.86. The van der Waals surface area contributed by atoms with Crippen molar-refractivity contribution in [2.75, 3.05) is 25.0 Å². The van der Waals surface area contributed by atoms with Gasteiger partial charge >= 0.3 is 0 Å². The quantitative estimate of drug-likeness (QED) is 0.831. The lowest BCUT2D eigenvalue weighted by Gasteiger charge is -2.28. The Balaban J connectivity index is 1.88. The fourth-order valence-corrected chi connectivity index (χ4v) is 2.58. The van der Waals surface area contributed by atoms with Gasteiger partial charge in [-0.05, 0) is 39.8 Å². The molecule has 0 bridgehead atoms. The van der Waals surface area contributed by atoms with E-state index in [1.807, 2.05) is 20.9 Å². The molecule has 1 fully saturated rings. The highest BCUT2D eigenvalue weighted by Gasteiger charge is 2.21. The summed E-state index contributed by atoms with van der Waals surface area (Å²) in [5.74, 6) is 0.144. The number of aryl methyl sites for hydroxylation is 2. The van der Waals surface area contributed by atoms with Crippen LogP contribution in [0.15, 0.2) is 0 Å². The smallest absolute Gasteiger partial charge is 0.238 e. The number of nitrogens with zero attached hydrogens (tertiary/aromatic N) is 3. The van der Waals surface area contributed by atoms with Crippen molar-refractivity contribution in [2.24, 2.45) is 13.0 Å². The van der Waals surface area contributed by atoms with Gasteiger partial charge in [0, 0.05) is 13.0 Å². The molecule has 0 unspecified atom stereocenters. The SMILES string of the molecule is Cc1nn(C)c(C)c1NC(=O)CN1CCC(C=O)CC1. The lowest BCUT2D eigenvalue weighted by Crippen LogP contribution is -2.39. The van der Waals surface area contributed by atoms with E-state index in [-0.39, 0.29) is 11.8 Å². The molecule has 1 aliphatic rings. The number of carbonyl (C=O) groups is 2. The summed E-state index contributed by atoms with van der Waals surface area (Å²) in [6.07, 6.45) is 2.73. The summed E-state index contributed by atoms with van der Waals surface area (Å²) >= 11 is 0. The average Bonchev–Trinajstić information content (AvgIpc) is 2.66. The van der Waals surface area contributed by atoms with Gasteiger partial charge in [0.15, 0.2) is 0 Å². The Morgan fingerprint density at radius 1 is 1.40 bits per heavy atom. The molecule has 0 aromatic carbocycles. The average molecular weight is 278 g/mol. The molecule has 6 nitrogen and oxygen atoms in total. The van der Waals surface area contributed by atoms with Crippen LogP contribution in [0.1, 0.15) is 24.2 Å². The second kappa shape index (κ2) is 6.17. The number of carbonyl (C=O) groups excluding carboxylic acids is 2. The molecule has 110 valence electrons. The largest absolute Gasteiger partial charge is 0.322 e. The molecule has 1 N–H and O–H groups in total. The Bertz CT molecular complexity index is 502. The Morgan fingerprint density at radius 3 is 2.55 bits per heavy atom. The summed E-state index contributed by atoms with van der Waals surface area (Å²) < 4.78 is 1.76. The molecule has 6 heteroatoms. The Labute approximate surface area is 119 Å². The first kappa shape index (κ1) is 14.7. The highest BCUT2D eigenvalue weighted by molar-refractivity contribution is 5.93. The first-order valence-corrected chi connectivity index (χ1v) is 6.99. The van der Waals surface area contributed by atoms with Crippen LogP contribution >= 0.6 is 0 Å². The zero-order chi connectivity index (χ0) is 14.7. The minimum absolute atomic E-state index is 0.0197. The predicted octanol–water partition coefficient (Wildman–Crippen LogP) is 0.886. The van der Waals surface area contributed by atoms with Crippen molar-refractivity contribution in [3.63, 3.8) is 0 Å². The number of rotatable bonds is 4. The van der Waals surface area contributed by atoms with Gasteiger partial charge in [-0.3, -0.25) is 14.4 Å². The van der Waals surface area contributed by atoms with E-state index >= 15 is 0 Å². The van der Waals surface area contributed by atoms with Crippen LogP contribution < -0.4 is 5.32 Å². The summed E-state index contributed by atoms with van der Waals surface area (Å²) in [6, 6.07) is 0. The van der Waals surface area contributed by atoms with E-state index in [1.54, 1.807) is 4.68 Å².